The van der Waals surface area contributed by atoms with Crippen molar-refractivity contribution in [1.82, 2.24) is 15.5 Å². The molecule has 2 aromatic rings. The molecule has 0 saturated carbocycles. The largest absolute Gasteiger partial charge is 0.312 e. The van der Waals surface area contributed by atoms with Crippen molar-refractivity contribution >= 4 is 0 Å². The van der Waals surface area contributed by atoms with Gasteiger partial charge in [0.2, 0.25) is 0 Å². The fourth-order valence-corrected chi connectivity index (χ4v) is 1.59. The maximum absolute atomic E-state index is 4.32. The van der Waals surface area contributed by atoms with Gasteiger partial charge in [-0.1, -0.05) is 29.8 Å². The Morgan fingerprint density at radius 3 is 2.56 bits per heavy atom. The highest BCUT2D eigenvalue weighted by molar-refractivity contribution is 5.59. The zero-order valence-corrected chi connectivity index (χ0v) is 9.91. The van der Waals surface area contributed by atoms with E-state index in [0.29, 0.717) is 6.04 Å². The van der Waals surface area contributed by atoms with E-state index in [1.807, 2.05) is 7.05 Å². The molecule has 16 heavy (non-hydrogen) atoms. The third kappa shape index (κ3) is 2.14. The van der Waals surface area contributed by atoms with Crippen LogP contribution < -0.4 is 5.32 Å². The van der Waals surface area contributed by atoms with E-state index in [1.54, 1.807) is 0 Å². The number of nitrogens with zero attached hydrogens (tertiary/aromatic N) is 1. The van der Waals surface area contributed by atoms with E-state index in [-0.39, 0.29) is 0 Å². The number of H-pyrrole nitrogens is 1. The van der Waals surface area contributed by atoms with Crippen molar-refractivity contribution in [2.24, 2.45) is 0 Å². The molecule has 2 N–H and O–H groups in total. The minimum Gasteiger partial charge on any atom is -0.312 e. The predicted molar refractivity (Wildman–Crippen MR) is 66.2 cm³/mol. The first-order valence-electron chi connectivity index (χ1n) is 5.50. The average molecular weight is 215 g/mol. The van der Waals surface area contributed by atoms with Gasteiger partial charge in [-0.05, 0) is 27.0 Å². The monoisotopic (exact) mass is 215 g/mol. The summed E-state index contributed by atoms with van der Waals surface area (Å²) in [6.07, 6.45) is 0. The van der Waals surface area contributed by atoms with Crippen LogP contribution in [-0.2, 0) is 0 Å². The number of aromatic nitrogens is 2. The van der Waals surface area contributed by atoms with Gasteiger partial charge in [0.15, 0.2) is 0 Å². The van der Waals surface area contributed by atoms with Crippen LogP contribution in [0.4, 0.5) is 0 Å². The van der Waals surface area contributed by atoms with Gasteiger partial charge in [0.25, 0.3) is 0 Å². The zero-order chi connectivity index (χ0) is 11.5. The SMILES string of the molecule is CNC(C)c1cc(-c2ccc(C)cc2)n[nH]1. The Balaban J connectivity index is 2.28. The van der Waals surface area contributed by atoms with Gasteiger partial charge in [0, 0.05) is 11.6 Å². The van der Waals surface area contributed by atoms with Gasteiger partial charge in [-0.15, -0.1) is 0 Å². The molecule has 0 aliphatic carbocycles. The lowest BCUT2D eigenvalue weighted by Crippen LogP contribution is -2.12. The molecule has 0 saturated heterocycles. The Labute approximate surface area is 95.9 Å². The van der Waals surface area contributed by atoms with E-state index in [9.17, 15) is 0 Å². The predicted octanol–water partition coefficient (Wildman–Crippen LogP) is 2.67. The van der Waals surface area contributed by atoms with E-state index in [0.717, 1.165) is 17.0 Å². The van der Waals surface area contributed by atoms with Gasteiger partial charge in [-0.2, -0.15) is 5.10 Å². The zero-order valence-electron chi connectivity index (χ0n) is 9.91. The standard InChI is InChI=1S/C13H17N3/c1-9-4-6-11(7-5-9)13-8-12(15-16-13)10(2)14-3/h4-8,10,14H,1-3H3,(H,15,16). The number of rotatable bonds is 3. The van der Waals surface area contributed by atoms with Crippen LogP contribution in [0, 0.1) is 6.92 Å². The lowest BCUT2D eigenvalue weighted by atomic mass is 10.1. The van der Waals surface area contributed by atoms with E-state index >= 15 is 0 Å². The summed E-state index contributed by atoms with van der Waals surface area (Å²) >= 11 is 0. The van der Waals surface area contributed by atoms with Crippen molar-refractivity contribution in [3.63, 3.8) is 0 Å². The average Bonchev–Trinajstić information content (AvgIpc) is 2.78. The molecule has 0 aliphatic heterocycles. The molecule has 0 radical (unpaired) electrons. The highest BCUT2D eigenvalue weighted by atomic mass is 15.1. The Morgan fingerprint density at radius 1 is 1.25 bits per heavy atom. The van der Waals surface area contributed by atoms with Gasteiger partial charge in [0.1, 0.15) is 0 Å². The normalized spacial score (nSPS) is 12.7. The molecule has 1 aromatic heterocycles. The molecule has 1 aromatic carbocycles. The summed E-state index contributed by atoms with van der Waals surface area (Å²) in [5.74, 6) is 0. The van der Waals surface area contributed by atoms with Gasteiger partial charge < -0.3 is 5.32 Å². The van der Waals surface area contributed by atoms with Crippen LogP contribution in [-0.4, -0.2) is 17.2 Å². The first-order valence-corrected chi connectivity index (χ1v) is 5.50. The lowest BCUT2D eigenvalue weighted by Gasteiger charge is -2.05. The second-order valence-corrected chi connectivity index (χ2v) is 4.08. The van der Waals surface area contributed by atoms with E-state index in [2.05, 4.69) is 59.7 Å². The van der Waals surface area contributed by atoms with E-state index < -0.39 is 0 Å². The molecule has 3 nitrogen and oxygen atoms in total. The number of nitrogens with one attached hydrogen (secondary N) is 2. The number of hydrogen-bond donors (Lipinski definition) is 2. The van der Waals surface area contributed by atoms with E-state index in [4.69, 9.17) is 0 Å². The van der Waals surface area contributed by atoms with Gasteiger partial charge in [-0.25, -0.2) is 0 Å². The molecule has 0 amide bonds. The molecule has 2 rings (SSSR count). The number of aromatic amines is 1. The summed E-state index contributed by atoms with van der Waals surface area (Å²) in [6, 6.07) is 10.8. The van der Waals surface area contributed by atoms with Crippen LogP contribution >= 0.6 is 0 Å². The molecule has 84 valence electrons. The molecule has 0 fully saturated rings. The first kappa shape index (κ1) is 10.9. The van der Waals surface area contributed by atoms with Crippen LogP contribution in [0.5, 0.6) is 0 Å². The highest BCUT2D eigenvalue weighted by Crippen LogP contribution is 2.20. The summed E-state index contributed by atoms with van der Waals surface area (Å²) in [6.45, 7) is 4.19. The third-order valence-electron chi connectivity index (χ3n) is 2.84. The Kier molecular flexibility index (Phi) is 3.06. The molecule has 1 unspecified atom stereocenters. The smallest absolute Gasteiger partial charge is 0.0924 e. The fourth-order valence-electron chi connectivity index (χ4n) is 1.59. The third-order valence-corrected chi connectivity index (χ3v) is 2.84. The Bertz CT molecular complexity index is 456. The summed E-state index contributed by atoms with van der Waals surface area (Å²) < 4.78 is 0. The highest BCUT2D eigenvalue weighted by Gasteiger charge is 2.07. The van der Waals surface area contributed by atoms with Crippen LogP contribution in [0.15, 0.2) is 30.3 Å². The number of hydrogen-bond acceptors (Lipinski definition) is 2. The summed E-state index contributed by atoms with van der Waals surface area (Å²) in [5, 5.41) is 10.6. The molecular weight excluding hydrogens is 198 g/mol. The molecule has 1 heterocycles. The molecule has 0 aliphatic rings. The number of benzene rings is 1. The minimum absolute atomic E-state index is 0.298. The van der Waals surface area contributed by atoms with Crippen molar-refractivity contribution in [2.75, 3.05) is 7.05 Å². The van der Waals surface area contributed by atoms with Crippen molar-refractivity contribution < 1.29 is 0 Å². The summed E-state index contributed by atoms with van der Waals surface area (Å²) in [5.41, 5.74) is 4.52. The molecule has 0 spiro atoms. The van der Waals surface area contributed by atoms with Crippen molar-refractivity contribution in [3.8, 4) is 11.3 Å². The maximum Gasteiger partial charge on any atom is 0.0924 e. The van der Waals surface area contributed by atoms with Crippen molar-refractivity contribution in [1.29, 1.82) is 0 Å². The van der Waals surface area contributed by atoms with E-state index in [1.165, 1.54) is 5.56 Å². The fraction of sp³-hybridized carbons (Fsp3) is 0.308. The van der Waals surface area contributed by atoms with Gasteiger partial charge in [-0.3, -0.25) is 5.10 Å². The van der Waals surface area contributed by atoms with Gasteiger partial charge >= 0.3 is 0 Å². The summed E-state index contributed by atoms with van der Waals surface area (Å²) in [4.78, 5) is 0. The minimum atomic E-state index is 0.298. The maximum atomic E-state index is 4.32. The lowest BCUT2D eigenvalue weighted by molar-refractivity contribution is 0.630. The Hall–Kier alpha value is -1.61. The topological polar surface area (TPSA) is 40.7 Å². The molecule has 1 atom stereocenters. The quantitative estimate of drug-likeness (QED) is 0.826. The van der Waals surface area contributed by atoms with Gasteiger partial charge in [0.05, 0.1) is 11.4 Å². The van der Waals surface area contributed by atoms with Crippen molar-refractivity contribution in [2.45, 2.75) is 19.9 Å². The van der Waals surface area contributed by atoms with Crippen LogP contribution in [0.25, 0.3) is 11.3 Å². The van der Waals surface area contributed by atoms with Crippen LogP contribution in [0.3, 0.4) is 0 Å². The Morgan fingerprint density at radius 2 is 1.94 bits per heavy atom. The molecular formula is C13H17N3. The molecule has 3 heteroatoms. The summed E-state index contributed by atoms with van der Waals surface area (Å²) in [7, 11) is 1.94. The van der Waals surface area contributed by atoms with Crippen LogP contribution in [0.2, 0.25) is 0 Å². The first-order chi connectivity index (χ1) is 7.70. The molecule has 0 bridgehead atoms. The van der Waals surface area contributed by atoms with Crippen molar-refractivity contribution in [3.05, 3.63) is 41.6 Å². The second kappa shape index (κ2) is 4.49. The second-order valence-electron chi connectivity index (χ2n) is 4.08. The van der Waals surface area contributed by atoms with Crippen LogP contribution in [0.1, 0.15) is 24.2 Å². The number of aryl methyl sites for hydroxylation is 1.